The van der Waals surface area contributed by atoms with Crippen LogP contribution in [0.2, 0.25) is 0 Å². The van der Waals surface area contributed by atoms with Crippen LogP contribution in [-0.2, 0) is 65.1 Å². The van der Waals surface area contributed by atoms with Crippen LogP contribution < -0.4 is 22.6 Å². The Kier molecular flexibility index (Phi) is 16.1. The molecule has 0 saturated heterocycles. The molecule has 5 aromatic heterocycles. The molecular weight excluding hydrogens is 856 g/mol. The Morgan fingerprint density at radius 3 is 1.71 bits per heavy atom. The molecule has 0 spiro atoms. The number of ether oxygens (including phenoxy) is 2. The highest BCUT2D eigenvalue weighted by atomic mass is 31.2. The maximum absolute atomic E-state index is 13.3. The monoisotopic (exact) mass is 899 g/mol. The molecule has 7 N–H and O–H groups in total. The van der Waals surface area contributed by atoms with Gasteiger partial charge in [-0.15, -0.1) is 0 Å². The molecule has 0 amide bonds. The second-order valence-electron chi connectivity index (χ2n) is 12.7. The van der Waals surface area contributed by atoms with Gasteiger partial charge in [-0.1, -0.05) is 68.1 Å². The quantitative estimate of drug-likeness (QED) is 0.0304. The van der Waals surface area contributed by atoms with Crippen molar-refractivity contribution in [2.75, 3.05) is 37.4 Å². The fourth-order valence-corrected chi connectivity index (χ4v) is 7.33. The average molecular weight is 900 g/mol. The van der Waals surface area contributed by atoms with Crippen molar-refractivity contribution in [3.05, 3.63) is 133 Å². The van der Waals surface area contributed by atoms with Gasteiger partial charge in [-0.25, -0.2) is 9.97 Å². The maximum Gasteiger partial charge on any atom is 0.433 e. The lowest BCUT2D eigenvalue weighted by Gasteiger charge is -2.18. The molecule has 0 fully saturated rings. The standard InChI is InChI=1S/C20H21N6O8P.C15H18N5O5P.CH4/c21-20-23-18-17(19(27)24-20)22-12-25(18)8-9-31-13-35(30,32-10-14-4-2-1-3-5-14)33-11-15-6-7-16(34-15)26(28)29;16-15-18-13-12(14(21)19-15)17-9-20(13)6-7-24-10-26(22,23)25-8-11-4-2-1-3-5-11;/h1-7,12H,8-11,13H2,(H3,21,23,24,27);1-5,9H,6-8,10H2,(H,22,23)(H3,16,18,19,21);1H4. The Bertz CT molecular complexity index is 2780. The number of rotatable bonds is 20. The number of nitrogen functional groups attached to an aromatic ring is 2. The minimum Gasteiger partial charge on any atom is -0.403 e. The van der Waals surface area contributed by atoms with E-state index in [0.29, 0.717) is 5.65 Å². The zero-order valence-corrected chi connectivity index (χ0v) is 33.8. The first kappa shape index (κ1) is 46.7. The van der Waals surface area contributed by atoms with E-state index in [1.807, 2.05) is 36.4 Å². The van der Waals surface area contributed by atoms with E-state index in [1.165, 1.54) is 24.8 Å². The van der Waals surface area contributed by atoms with Gasteiger partial charge in [-0.2, -0.15) is 9.97 Å². The molecule has 5 heterocycles. The van der Waals surface area contributed by atoms with Crippen LogP contribution in [0.4, 0.5) is 17.8 Å². The van der Waals surface area contributed by atoms with Crippen LogP contribution in [0, 0.1) is 10.1 Å². The molecule has 26 heteroatoms. The fraction of sp³-hybridized carbons (Fsp3) is 0.278. The molecule has 0 bridgehead atoms. The number of fused-ring (bicyclic) bond motifs is 2. The van der Waals surface area contributed by atoms with Gasteiger partial charge >= 0.3 is 21.1 Å². The molecule has 62 heavy (non-hydrogen) atoms. The number of H-pyrrole nitrogens is 2. The van der Waals surface area contributed by atoms with Crippen LogP contribution in [-0.4, -0.2) is 74.8 Å². The predicted molar refractivity (Wildman–Crippen MR) is 224 cm³/mol. The SMILES string of the molecule is C.Nc1nc2c(ncn2CCOCP(=O)(O)OCc2ccccc2)c(=O)[nH]1.Nc1nc2c(ncn2CCOCP(=O)(OCc2ccccc2)OCc2ccc([N+](=O)[O-])o2)c(=O)[nH]1. The van der Waals surface area contributed by atoms with Gasteiger partial charge in [0.15, 0.2) is 22.3 Å². The molecule has 330 valence electrons. The summed E-state index contributed by atoms with van der Waals surface area (Å²) >= 11 is 0. The summed E-state index contributed by atoms with van der Waals surface area (Å²) in [5, 5.41) is 10.8. The fourth-order valence-electron chi connectivity index (χ4n) is 5.30. The van der Waals surface area contributed by atoms with Gasteiger partial charge in [-0.05, 0) is 17.2 Å². The van der Waals surface area contributed by atoms with Gasteiger partial charge in [0.2, 0.25) is 11.9 Å². The van der Waals surface area contributed by atoms with Crippen molar-refractivity contribution in [2.24, 2.45) is 0 Å². The number of aromatic nitrogens is 8. The second-order valence-corrected chi connectivity index (χ2v) is 16.5. The molecule has 2 aromatic carbocycles. The lowest BCUT2D eigenvalue weighted by molar-refractivity contribution is -0.402. The largest absolute Gasteiger partial charge is 0.433 e. The zero-order valence-electron chi connectivity index (χ0n) is 32.0. The Morgan fingerprint density at radius 2 is 1.21 bits per heavy atom. The third-order valence-electron chi connectivity index (χ3n) is 8.22. The van der Waals surface area contributed by atoms with E-state index in [0.717, 1.165) is 11.1 Å². The van der Waals surface area contributed by atoms with Crippen molar-refractivity contribution < 1.29 is 46.4 Å². The zero-order chi connectivity index (χ0) is 43.4. The van der Waals surface area contributed by atoms with E-state index < -0.39 is 49.8 Å². The highest BCUT2D eigenvalue weighted by molar-refractivity contribution is 7.53. The lowest BCUT2D eigenvalue weighted by atomic mass is 10.2. The molecule has 24 nitrogen and oxygen atoms in total. The molecular formula is C36H43N11O13P2. The van der Waals surface area contributed by atoms with E-state index in [-0.39, 0.29) is 87.9 Å². The van der Waals surface area contributed by atoms with Gasteiger partial charge in [-0.3, -0.25) is 43.3 Å². The van der Waals surface area contributed by atoms with Crippen LogP contribution in [0.3, 0.4) is 0 Å². The van der Waals surface area contributed by atoms with Crippen LogP contribution in [0.5, 0.6) is 0 Å². The van der Waals surface area contributed by atoms with Crippen molar-refractivity contribution in [1.29, 1.82) is 0 Å². The Balaban J connectivity index is 0.000000240. The van der Waals surface area contributed by atoms with Crippen LogP contribution in [0.25, 0.3) is 22.3 Å². The van der Waals surface area contributed by atoms with Crippen LogP contribution in [0.1, 0.15) is 24.3 Å². The topological polar surface area (TPSA) is 336 Å². The first-order valence-electron chi connectivity index (χ1n) is 18.0. The van der Waals surface area contributed by atoms with Crippen molar-refractivity contribution >= 4 is 55.3 Å². The van der Waals surface area contributed by atoms with E-state index in [9.17, 15) is 33.7 Å². The third kappa shape index (κ3) is 13.1. The molecule has 7 aromatic rings. The number of aromatic amines is 2. The number of nitro groups is 1. The molecule has 0 aliphatic rings. The lowest BCUT2D eigenvalue weighted by Crippen LogP contribution is -2.13. The van der Waals surface area contributed by atoms with E-state index in [4.69, 9.17) is 38.9 Å². The number of nitrogens with two attached hydrogens (primary N) is 2. The Morgan fingerprint density at radius 1 is 0.726 bits per heavy atom. The molecule has 0 radical (unpaired) electrons. The Hall–Kier alpha value is -6.36. The van der Waals surface area contributed by atoms with Gasteiger partial charge in [0.25, 0.3) is 11.1 Å². The van der Waals surface area contributed by atoms with Gasteiger partial charge in [0, 0.05) is 13.1 Å². The number of nitrogens with one attached hydrogen (secondary N) is 2. The minimum atomic E-state index is -3.87. The normalized spacial score (nSPS) is 13.2. The third-order valence-corrected chi connectivity index (χ3v) is 10.8. The second kappa shape index (κ2) is 21.4. The summed E-state index contributed by atoms with van der Waals surface area (Å²) in [6, 6.07) is 20.7. The van der Waals surface area contributed by atoms with Gasteiger partial charge < -0.3 is 48.4 Å². The molecule has 0 aliphatic carbocycles. The Labute approximate surface area is 351 Å². The number of benzene rings is 2. The van der Waals surface area contributed by atoms with Crippen LogP contribution in [0.15, 0.2) is 99.5 Å². The minimum absolute atomic E-state index is 0. The maximum atomic E-state index is 13.3. The van der Waals surface area contributed by atoms with E-state index >= 15 is 0 Å². The summed E-state index contributed by atoms with van der Waals surface area (Å²) in [6.07, 6.45) is 2.01. The highest BCUT2D eigenvalue weighted by Gasteiger charge is 2.27. The summed E-state index contributed by atoms with van der Waals surface area (Å²) in [7, 11) is -7.67. The van der Waals surface area contributed by atoms with Crippen molar-refractivity contribution in [2.45, 2.75) is 40.3 Å². The summed E-state index contributed by atoms with van der Waals surface area (Å²) < 4.78 is 60.4. The average Bonchev–Trinajstić information content (AvgIpc) is 4.00. The number of imidazole rings is 2. The predicted octanol–water partition coefficient (Wildman–Crippen LogP) is 4.52. The number of anilines is 2. The molecule has 7 rings (SSSR count). The summed E-state index contributed by atoms with van der Waals surface area (Å²) in [5.41, 5.74) is 12.7. The van der Waals surface area contributed by atoms with E-state index in [2.05, 4.69) is 29.9 Å². The molecule has 0 saturated carbocycles. The molecule has 0 aliphatic heterocycles. The van der Waals surface area contributed by atoms with Crippen LogP contribution >= 0.6 is 15.2 Å². The summed E-state index contributed by atoms with van der Waals surface area (Å²) in [6.45, 7) is 0.392. The summed E-state index contributed by atoms with van der Waals surface area (Å²) in [5.74, 6) is -0.408. The van der Waals surface area contributed by atoms with Crippen molar-refractivity contribution in [1.82, 2.24) is 39.0 Å². The number of furan rings is 1. The first-order chi connectivity index (χ1) is 29.3. The van der Waals surface area contributed by atoms with Crippen molar-refractivity contribution in [3.8, 4) is 0 Å². The number of nitrogens with zero attached hydrogens (tertiary/aromatic N) is 7. The highest BCUT2D eigenvalue weighted by Crippen LogP contribution is 2.50. The molecule has 2 unspecified atom stereocenters. The molecule has 2 atom stereocenters. The first-order valence-corrected chi connectivity index (χ1v) is 21.5. The van der Waals surface area contributed by atoms with Crippen molar-refractivity contribution in [3.63, 3.8) is 0 Å². The number of hydrogen-bond donors (Lipinski definition) is 5. The van der Waals surface area contributed by atoms with Gasteiger partial charge in [0.05, 0.1) is 45.1 Å². The smallest absolute Gasteiger partial charge is 0.403 e. The van der Waals surface area contributed by atoms with Gasteiger partial charge in [0.1, 0.15) is 30.0 Å². The number of hydrogen-bond acceptors (Lipinski definition) is 18. The van der Waals surface area contributed by atoms with E-state index in [1.54, 1.807) is 33.4 Å². The summed E-state index contributed by atoms with van der Waals surface area (Å²) in [4.78, 5) is 64.3.